The Kier molecular flexibility index (Phi) is 5.80. The van der Waals surface area contributed by atoms with Gasteiger partial charge in [-0.05, 0) is 20.3 Å². The van der Waals surface area contributed by atoms with Crippen molar-refractivity contribution in [2.45, 2.75) is 40.2 Å². The highest BCUT2D eigenvalue weighted by atomic mass is 19.3. The lowest BCUT2D eigenvalue weighted by molar-refractivity contribution is -0.144. The lowest BCUT2D eigenvalue weighted by Crippen LogP contribution is -2.37. The van der Waals surface area contributed by atoms with Gasteiger partial charge in [-0.3, -0.25) is 9.59 Å². The van der Waals surface area contributed by atoms with E-state index < -0.39 is 25.0 Å². The van der Waals surface area contributed by atoms with Crippen LogP contribution in [0.1, 0.15) is 36.8 Å². The molecule has 0 unspecified atom stereocenters. The number of halogens is 2. The Labute approximate surface area is 121 Å². The smallest absolute Gasteiger partial charge is 0.333 e. The van der Waals surface area contributed by atoms with Gasteiger partial charge in [0.2, 0.25) is 5.91 Å². The van der Waals surface area contributed by atoms with E-state index in [0.29, 0.717) is 28.9 Å². The number of hydrogen-bond donors (Lipinski definition) is 1. The minimum atomic E-state index is -2.77. The van der Waals surface area contributed by atoms with Gasteiger partial charge < -0.3 is 10.0 Å². The number of rotatable bonds is 7. The second-order valence-corrected chi connectivity index (χ2v) is 4.76. The Morgan fingerprint density at radius 3 is 2.43 bits per heavy atom. The van der Waals surface area contributed by atoms with Crippen LogP contribution < -0.4 is 0 Å². The van der Waals surface area contributed by atoms with Crippen molar-refractivity contribution in [2.75, 3.05) is 13.1 Å². The zero-order valence-electron chi connectivity index (χ0n) is 12.3. The largest absolute Gasteiger partial charge is 0.480 e. The molecule has 1 heterocycles. The van der Waals surface area contributed by atoms with Crippen molar-refractivity contribution in [1.82, 2.24) is 14.7 Å². The van der Waals surface area contributed by atoms with Crippen LogP contribution >= 0.6 is 0 Å². The SMILES string of the molecule is CCCN(CC(=O)O)C(=O)Cc1c(C)nn(C(F)F)c1C. The van der Waals surface area contributed by atoms with Gasteiger partial charge >= 0.3 is 12.5 Å². The van der Waals surface area contributed by atoms with Crippen molar-refractivity contribution in [3.63, 3.8) is 0 Å². The van der Waals surface area contributed by atoms with Gasteiger partial charge in [-0.1, -0.05) is 6.92 Å². The summed E-state index contributed by atoms with van der Waals surface area (Å²) in [6, 6.07) is 0. The van der Waals surface area contributed by atoms with Crippen molar-refractivity contribution in [1.29, 1.82) is 0 Å². The maximum atomic E-state index is 12.7. The molecule has 0 saturated carbocycles. The lowest BCUT2D eigenvalue weighted by Gasteiger charge is -2.20. The molecule has 21 heavy (non-hydrogen) atoms. The number of hydrogen-bond acceptors (Lipinski definition) is 3. The molecule has 0 saturated heterocycles. The van der Waals surface area contributed by atoms with E-state index in [4.69, 9.17) is 5.11 Å². The van der Waals surface area contributed by atoms with E-state index in [1.54, 1.807) is 6.92 Å². The average molecular weight is 303 g/mol. The maximum Gasteiger partial charge on any atom is 0.333 e. The van der Waals surface area contributed by atoms with E-state index >= 15 is 0 Å². The minimum Gasteiger partial charge on any atom is -0.480 e. The zero-order chi connectivity index (χ0) is 16.2. The molecule has 6 nitrogen and oxygen atoms in total. The van der Waals surface area contributed by atoms with Gasteiger partial charge in [0.15, 0.2) is 0 Å². The standard InChI is InChI=1S/C13H19F2N3O3/c1-4-5-17(7-12(20)21)11(19)6-10-8(2)16-18(9(10)3)13(14)15/h13H,4-7H2,1-3H3,(H,20,21). The van der Waals surface area contributed by atoms with E-state index in [1.165, 1.54) is 11.8 Å². The second kappa shape index (κ2) is 7.14. The zero-order valence-corrected chi connectivity index (χ0v) is 12.3. The molecule has 118 valence electrons. The summed E-state index contributed by atoms with van der Waals surface area (Å²) in [6.45, 7) is 2.00. The Morgan fingerprint density at radius 2 is 2.00 bits per heavy atom. The number of carboxylic acids is 1. The van der Waals surface area contributed by atoms with Crippen molar-refractivity contribution in [3.05, 3.63) is 17.0 Å². The minimum absolute atomic E-state index is 0.127. The topological polar surface area (TPSA) is 75.4 Å². The van der Waals surface area contributed by atoms with Crippen molar-refractivity contribution >= 4 is 11.9 Å². The Balaban J connectivity index is 2.93. The van der Waals surface area contributed by atoms with Crippen LogP contribution in [0.3, 0.4) is 0 Å². The summed E-state index contributed by atoms with van der Waals surface area (Å²) in [5.41, 5.74) is 1.00. The fourth-order valence-corrected chi connectivity index (χ4v) is 2.13. The molecule has 0 atom stereocenters. The van der Waals surface area contributed by atoms with E-state index in [2.05, 4.69) is 5.10 Å². The van der Waals surface area contributed by atoms with Crippen molar-refractivity contribution in [3.8, 4) is 0 Å². The molecule has 1 rings (SSSR count). The van der Waals surface area contributed by atoms with Crippen LogP contribution in [0.25, 0.3) is 0 Å². The second-order valence-electron chi connectivity index (χ2n) is 4.76. The van der Waals surface area contributed by atoms with E-state index in [9.17, 15) is 18.4 Å². The third-order valence-electron chi connectivity index (χ3n) is 3.16. The first-order chi connectivity index (χ1) is 9.77. The Bertz CT molecular complexity index is 529. The van der Waals surface area contributed by atoms with Gasteiger partial charge in [-0.15, -0.1) is 0 Å². The monoisotopic (exact) mass is 303 g/mol. The first-order valence-electron chi connectivity index (χ1n) is 6.60. The third kappa shape index (κ3) is 4.24. The van der Waals surface area contributed by atoms with Crippen LogP contribution in [0.15, 0.2) is 0 Å². The molecule has 0 radical (unpaired) electrons. The Hall–Kier alpha value is -1.99. The molecule has 1 aromatic rings. The molecule has 0 aliphatic heterocycles. The molecule has 1 aromatic heterocycles. The van der Waals surface area contributed by atoms with E-state index in [-0.39, 0.29) is 12.1 Å². The molecular formula is C13H19F2N3O3. The normalized spacial score (nSPS) is 11.0. The fraction of sp³-hybridized carbons (Fsp3) is 0.615. The van der Waals surface area contributed by atoms with Gasteiger partial charge in [-0.25, -0.2) is 4.68 Å². The summed E-state index contributed by atoms with van der Waals surface area (Å²) in [4.78, 5) is 24.1. The van der Waals surface area contributed by atoms with Crippen LogP contribution in [-0.4, -0.2) is 44.8 Å². The number of carbonyl (C=O) groups excluding carboxylic acids is 1. The molecule has 1 amide bonds. The van der Waals surface area contributed by atoms with Gasteiger partial charge in [0.1, 0.15) is 6.54 Å². The molecular weight excluding hydrogens is 284 g/mol. The first-order valence-corrected chi connectivity index (χ1v) is 6.60. The number of amides is 1. The van der Waals surface area contributed by atoms with Gasteiger partial charge in [0.05, 0.1) is 12.1 Å². The number of carboxylic acid groups (broad SMARTS) is 1. The van der Waals surface area contributed by atoms with E-state index in [0.717, 1.165) is 0 Å². The molecule has 8 heteroatoms. The average Bonchev–Trinajstić information content (AvgIpc) is 2.65. The number of aliphatic carboxylic acids is 1. The summed E-state index contributed by atoms with van der Waals surface area (Å²) in [5, 5.41) is 12.5. The predicted octanol–water partition coefficient (Wildman–Crippen LogP) is 1.76. The molecule has 1 N–H and O–H groups in total. The molecule has 0 bridgehead atoms. The van der Waals surface area contributed by atoms with Crippen LogP contribution in [0.2, 0.25) is 0 Å². The highest BCUT2D eigenvalue weighted by Gasteiger charge is 2.22. The fourth-order valence-electron chi connectivity index (χ4n) is 2.13. The number of aryl methyl sites for hydroxylation is 1. The summed E-state index contributed by atoms with van der Waals surface area (Å²) < 4.78 is 26.0. The summed E-state index contributed by atoms with van der Waals surface area (Å²) in [5.74, 6) is -1.51. The third-order valence-corrected chi connectivity index (χ3v) is 3.16. The van der Waals surface area contributed by atoms with Gasteiger partial charge in [0.25, 0.3) is 0 Å². The van der Waals surface area contributed by atoms with Gasteiger partial charge in [-0.2, -0.15) is 13.9 Å². The highest BCUT2D eigenvalue weighted by molar-refractivity contribution is 5.83. The molecule has 0 spiro atoms. The van der Waals surface area contributed by atoms with Crippen LogP contribution in [0, 0.1) is 13.8 Å². The van der Waals surface area contributed by atoms with Gasteiger partial charge in [0, 0.05) is 17.8 Å². The lowest BCUT2D eigenvalue weighted by atomic mass is 10.1. The molecule has 0 aliphatic rings. The Morgan fingerprint density at radius 1 is 1.38 bits per heavy atom. The summed E-state index contributed by atoms with van der Waals surface area (Å²) in [6.07, 6.45) is 0.491. The molecule has 0 aliphatic carbocycles. The molecule has 0 aromatic carbocycles. The molecule has 0 fully saturated rings. The number of carbonyl (C=O) groups is 2. The number of aromatic nitrogens is 2. The van der Waals surface area contributed by atoms with E-state index in [1.807, 2.05) is 6.92 Å². The van der Waals surface area contributed by atoms with Crippen LogP contribution in [0.5, 0.6) is 0 Å². The van der Waals surface area contributed by atoms with Crippen LogP contribution in [0.4, 0.5) is 8.78 Å². The van der Waals surface area contributed by atoms with Crippen LogP contribution in [-0.2, 0) is 16.0 Å². The predicted molar refractivity (Wildman–Crippen MR) is 71.2 cm³/mol. The van der Waals surface area contributed by atoms with Crippen molar-refractivity contribution in [2.24, 2.45) is 0 Å². The summed E-state index contributed by atoms with van der Waals surface area (Å²) >= 11 is 0. The van der Waals surface area contributed by atoms with Crippen molar-refractivity contribution < 1.29 is 23.5 Å². The number of nitrogens with zero attached hydrogens (tertiary/aromatic N) is 3. The quantitative estimate of drug-likeness (QED) is 0.833. The maximum absolute atomic E-state index is 12.7. The highest BCUT2D eigenvalue weighted by Crippen LogP contribution is 2.20. The summed E-state index contributed by atoms with van der Waals surface area (Å²) in [7, 11) is 0. The first kappa shape index (κ1) is 17.1. The number of alkyl halides is 2.